The quantitative estimate of drug-likeness (QED) is 0.671. The first-order chi connectivity index (χ1) is 12.3. The second-order valence-corrected chi connectivity index (χ2v) is 6.57. The van der Waals surface area contributed by atoms with Crippen molar-refractivity contribution in [2.75, 3.05) is 31.2 Å². The normalized spacial score (nSPS) is 15.3. The molecule has 4 nitrogen and oxygen atoms in total. The van der Waals surface area contributed by atoms with Gasteiger partial charge in [-0.25, -0.2) is 0 Å². The average molecular weight is 340 g/mol. The van der Waals surface area contributed by atoms with E-state index in [4.69, 9.17) is 9.47 Å². The summed E-state index contributed by atoms with van der Waals surface area (Å²) >= 11 is 0. The van der Waals surface area contributed by atoms with Gasteiger partial charge in [-0.15, -0.1) is 0 Å². The van der Waals surface area contributed by atoms with Gasteiger partial charge in [-0.3, -0.25) is 4.98 Å². The van der Waals surface area contributed by atoms with Crippen molar-refractivity contribution in [3.8, 4) is 5.75 Å². The molecule has 4 heteroatoms. The molecule has 0 spiro atoms. The zero-order valence-corrected chi connectivity index (χ0v) is 15.1. The van der Waals surface area contributed by atoms with E-state index in [0.717, 1.165) is 44.4 Å². The van der Waals surface area contributed by atoms with Crippen LogP contribution in [0.25, 0.3) is 0 Å². The average Bonchev–Trinajstić information content (AvgIpc) is 2.67. The third-order valence-electron chi connectivity index (χ3n) is 4.77. The molecule has 1 fully saturated rings. The summed E-state index contributed by atoms with van der Waals surface area (Å²) in [5.74, 6) is 1.62. The third kappa shape index (κ3) is 5.46. The molecular formula is C21H28N2O2. The molecule has 1 aromatic heterocycles. The van der Waals surface area contributed by atoms with Gasteiger partial charge in [0.1, 0.15) is 5.75 Å². The molecule has 0 radical (unpaired) electrons. The van der Waals surface area contributed by atoms with E-state index in [9.17, 15) is 0 Å². The second-order valence-electron chi connectivity index (χ2n) is 6.57. The number of hydrogen-bond acceptors (Lipinski definition) is 4. The predicted molar refractivity (Wildman–Crippen MR) is 101 cm³/mol. The molecule has 0 unspecified atom stereocenters. The molecule has 3 rings (SSSR count). The molecule has 2 heterocycles. The minimum atomic E-state index is 0.677. The van der Waals surface area contributed by atoms with Crippen molar-refractivity contribution in [1.82, 2.24) is 4.98 Å². The van der Waals surface area contributed by atoms with Crippen molar-refractivity contribution >= 4 is 5.69 Å². The van der Waals surface area contributed by atoms with Gasteiger partial charge in [0.15, 0.2) is 0 Å². The van der Waals surface area contributed by atoms with Crippen molar-refractivity contribution in [3.63, 3.8) is 0 Å². The van der Waals surface area contributed by atoms with Crippen LogP contribution in [0, 0.1) is 5.92 Å². The summed E-state index contributed by atoms with van der Waals surface area (Å²) in [4.78, 5) is 6.71. The van der Waals surface area contributed by atoms with E-state index in [0.29, 0.717) is 6.61 Å². The highest BCUT2D eigenvalue weighted by molar-refractivity contribution is 5.48. The van der Waals surface area contributed by atoms with Crippen molar-refractivity contribution in [2.24, 2.45) is 5.92 Å². The fourth-order valence-corrected chi connectivity index (χ4v) is 3.32. The molecule has 25 heavy (non-hydrogen) atoms. The highest BCUT2D eigenvalue weighted by Gasteiger charge is 2.19. The topological polar surface area (TPSA) is 34.6 Å². The molecule has 0 bridgehead atoms. The first-order valence-electron chi connectivity index (χ1n) is 9.29. The summed E-state index contributed by atoms with van der Waals surface area (Å²) in [5, 5.41) is 0. The van der Waals surface area contributed by atoms with Crippen LogP contribution >= 0.6 is 0 Å². The van der Waals surface area contributed by atoms with Gasteiger partial charge in [-0.05, 0) is 37.7 Å². The van der Waals surface area contributed by atoms with E-state index in [-0.39, 0.29) is 0 Å². The largest absolute Gasteiger partial charge is 0.492 e. The summed E-state index contributed by atoms with van der Waals surface area (Å²) in [6, 6.07) is 12.5. The van der Waals surface area contributed by atoms with Crippen LogP contribution in [0.1, 0.15) is 31.7 Å². The monoisotopic (exact) mass is 340 g/mol. The van der Waals surface area contributed by atoms with Crippen molar-refractivity contribution in [3.05, 3.63) is 54.4 Å². The molecule has 0 aliphatic carbocycles. The summed E-state index contributed by atoms with van der Waals surface area (Å²) in [7, 11) is 0. The number of piperidine rings is 1. The fourth-order valence-electron chi connectivity index (χ4n) is 3.32. The number of ether oxygens (including phenoxy) is 2. The lowest BCUT2D eigenvalue weighted by Crippen LogP contribution is -2.34. The molecule has 1 aromatic carbocycles. The zero-order valence-electron chi connectivity index (χ0n) is 15.1. The number of rotatable bonds is 8. The van der Waals surface area contributed by atoms with Crippen LogP contribution in [-0.2, 0) is 11.3 Å². The van der Waals surface area contributed by atoms with Crippen molar-refractivity contribution in [1.29, 1.82) is 0 Å². The maximum Gasteiger partial charge on any atom is 0.139 e. The molecule has 0 N–H and O–H groups in total. The van der Waals surface area contributed by atoms with Crippen LogP contribution in [0.5, 0.6) is 5.75 Å². The van der Waals surface area contributed by atoms with Gasteiger partial charge >= 0.3 is 0 Å². The number of pyridine rings is 1. The Hall–Kier alpha value is -2.07. The van der Waals surface area contributed by atoms with Gasteiger partial charge in [0.2, 0.25) is 0 Å². The molecule has 0 saturated carbocycles. The number of aromatic nitrogens is 1. The highest BCUT2D eigenvalue weighted by Crippen LogP contribution is 2.27. The first kappa shape index (κ1) is 17.7. The Morgan fingerprint density at radius 2 is 1.92 bits per heavy atom. The minimum Gasteiger partial charge on any atom is -0.492 e. The van der Waals surface area contributed by atoms with Crippen LogP contribution in [0.15, 0.2) is 48.8 Å². The number of anilines is 1. The molecular weight excluding hydrogens is 312 g/mol. The van der Waals surface area contributed by atoms with E-state index < -0.39 is 0 Å². The van der Waals surface area contributed by atoms with Crippen LogP contribution < -0.4 is 9.64 Å². The van der Waals surface area contributed by atoms with E-state index in [2.05, 4.69) is 40.2 Å². The van der Waals surface area contributed by atoms with E-state index >= 15 is 0 Å². The van der Waals surface area contributed by atoms with Crippen LogP contribution in [-0.4, -0.2) is 31.3 Å². The lowest BCUT2D eigenvalue weighted by Gasteiger charge is -2.33. The molecule has 1 aliphatic rings. The standard InChI is InChI=1S/C21H28N2O2/c1-2-25-21-14-20(15-22-16-21)23-11-8-18(9-12-23)10-13-24-17-19-6-4-3-5-7-19/h3-7,14-16,18H,2,8-13,17H2,1H3. The summed E-state index contributed by atoms with van der Waals surface area (Å²) in [6.45, 7) is 6.41. The summed E-state index contributed by atoms with van der Waals surface area (Å²) in [6.07, 6.45) is 7.30. The molecule has 2 aromatic rings. The molecule has 134 valence electrons. The number of benzene rings is 1. The SMILES string of the molecule is CCOc1cncc(N2CCC(CCOCc3ccccc3)CC2)c1. The Bertz CT molecular complexity index is 625. The molecule has 1 aliphatic heterocycles. The number of nitrogens with zero attached hydrogens (tertiary/aromatic N) is 2. The van der Waals surface area contributed by atoms with Gasteiger partial charge in [-0.2, -0.15) is 0 Å². The maximum absolute atomic E-state index is 5.84. The van der Waals surface area contributed by atoms with Crippen LogP contribution in [0.2, 0.25) is 0 Å². The smallest absolute Gasteiger partial charge is 0.139 e. The molecule has 0 amide bonds. The van der Waals surface area contributed by atoms with E-state index in [1.54, 1.807) is 6.20 Å². The summed E-state index contributed by atoms with van der Waals surface area (Å²) < 4.78 is 11.4. The zero-order chi connectivity index (χ0) is 17.3. The van der Waals surface area contributed by atoms with Gasteiger partial charge in [0, 0.05) is 25.8 Å². The minimum absolute atomic E-state index is 0.677. The van der Waals surface area contributed by atoms with Gasteiger partial charge in [0.05, 0.1) is 31.3 Å². The lowest BCUT2D eigenvalue weighted by atomic mass is 9.94. The fraction of sp³-hybridized carbons (Fsp3) is 0.476. The Labute approximate surface area is 150 Å². The summed E-state index contributed by atoms with van der Waals surface area (Å²) in [5.41, 5.74) is 2.42. The Morgan fingerprint density at radius 1 is 1.12 bits per heavy atom. The van der Waals surface area contributed by atoms with Gasteiger partial charge in [0.25, 0.3) is 0 Å². The number of hydrogen-bond donors (Lipinski definition) is 0. The van der Waals surface area contributed by atoms with E-state index in [1.165, 1.54) is 24.1 Å². The lowest BCUT2D eigenvalue weighted by molar-refractivity contribution is 0.104. The van der Waals surface area contributed by atoms with Gasteiger partial charge < -0.3 is 14.4 Å². The predicted octanol–water partition coefficient (Wildman–Crippen LogP) is 4.30. The molecule has 0 atom stereocenters. The van der Waals surface area contributed by atoms with Crippen LogP contribution in [0.3, 0.4) is 0 Å². The van der Waals surface area contributed by atoms with Gasteiger partial charge in [-0.1, -0.05) is 30.3 Å². The Kier molecular flexibility index (Phi) is 6.69. The second kappa shape index (κ2) is 9.42. The molecule has 1 saturated heterocycles. The van der Waals surface area contributed by atoms with Crippen molar-refractivity contribution < 1.29 is 9.47 Å². The highest BCUT2D eigenvalue weighted by atomic mass is 16.5. The van der Waals surface area contributed by atoms with E-state index in [1.807, 2.05) is 19.2 Å². The Morgan fingerprint density at radius 3 is 2.68 bits per heavy atom. The third-order valence-corrected chi connectivity index (χ3v) is 4.77. The maximum atomic E-state index is 5.84. The van der Waals surface area contributed by atoms with Crippen LogP contribution in [0.4, 0.5) is 5.69 Å². The Balaban J connectivity index is 1.38. The van der Waals surface area contributed by atoms with Crippen molar-refractivity contribution in [2.45, 2.75) is 32.8 Å². The first-order valence-corrected chi connectivity index (χ1v) is 9.29.